The molecule has 4 N–H and O–H groups in total. The number of aliphatic hydroxyl groups is 4. The molecule has 0 bridgehead atoms. The summed E-state index contributed by atoms with van der Waals surface area (Å²) >= 11 is 0. The Morgan fingerprint density at radius 2 is 1.80 bits per heavy atom. The quantitative estimate of drug-likeness (QED) is 0.377. The molecule has 5 atom stereocenters. The first-order chi connectivity index (χ1) is 6.93. The van der Waals surface area contributed by atoms with E-state index in [9.17, 15) is 15.0 Å². The Balaban J connectivity index is 2.54. The van der Waals surface area contributed by atoms with Crippen molar-refractivity contribution in [2.45, 2.75) is 37.6 Å². The lowest BCUT2D eigenvalue weighted by Crippen LogP contribution is -2.58. The van der Waals surface area contributed by atoms with E-state index in [1.54, 1.807) is 0 Å². The van der Waals surface area contributed by atoms with Gasteiger partial charge in [0.15, 0.2) is 6.29 Å². The minimum absolute atomic E-state index is 0.294. The Morgan fingerprint density at radius 1 is 1.20 bits per heavy atom. The van der Waals surface area contributed by atoms with E-state index >= 15 is 0 Å². The van der Waals surface area contributed by atoms with E-state index in [1.165, 1.54) is 6.92 Å². The first-order valence-electron chi connectivity index (χ1n) is 4.44. The van der Waals surface area contributed by atoms with Crippen LogP contribution in [0.25, 0.3) is 0 Å². The zero-order chi connectivity index (χ0) is 11.6. The Labute approximate surface area is 85.9 Å². The van der Waals surface area contributed by atoms with Crippen LogP contribution in [-0.4, -0.2) is 63.7 Å². The summed E-state index contributed by atoms with van der Waals surface area (Å²) in [7, 11) is 0. The van der Waals surface area contributed by atoms with E-state index in [4.69, 9.17) is 14.9 Å². The highest BCUT2D eigenvalue weighted by Crippen LogP contribution is 2.19. The number of carbonyl (C=O) groups is 1. The van der Waals surface area contributed by atoms with Gasteiger partial charge in [0.1, 0.15) is 31.0 Å². The molecule has 1 fully saturated rings. The predicted molar refractivity (Wildman–Crippen MR) is 45.5 cm³/mol. The molecule has 0 aliphatic carbocycles. The van der Waals surface area contributed by atoms with Crippen LogP contribution in [0.15, 0.2) is 0 Å². The van der Waals surface area contributed by atoms with Crippen molar-refractivity contribution in [3.8, 4) is 0 Å². The van der Waals surface area contributed by atoms with Crippen molar-refractivity contribution in [1.29, 1.82) is 0 Å². The van der Waals surface area contributed by atoms with E-state index in [2.05, 4.69) is 4.74 Å². The maximum Gasteiger partial charge on any atom is 0.302 e. The summed E-state index contributed by atoms with van der Waals surface area (Å²) in [6, 6.07) is 0. The van der Waals surface area contributed by atoms with Gasteiger partial charge in [0, 0.05) is 6.92 Å². The molecule has 7 heteroatoms. The molecule has 1 saturated heterocycles. The van der Waals surface area contributed by atoms with Crippen LogP contribution in [0.1, 0.15) is 6.92 Å². The molecular formula is C8H14O7. The van der Waals surface area contributed by atoms with Gasteiger partial charge in [-0.2, -0.15) is 0 Å². The molecule has 0 unspecified atom stereocenters. The van der Waals surface area contributed by atoms with E-state index < -0.39 is 36.7 Å². The number of ether oxygens (including phenoxy) is 2. The number of hydrogen-bond donors (Lipinski definition) is 4. The molecule has 15 heavy (non-hydrogen) atoms. The Kier molecular flexibility index (Phi) is 4.00. The molecule has 7 nitrogen and oxygen atoms in total. The highest BCUT2D eigenvalue weighted by Gasteiger charge is 2.43. The molecule has 0 aromatic heterocycles. The first kappa shape index (κ1) is 12.3. The van der Waals surface area contributed by atoms with Crippen molar-refractivity contribution in [3.05, 3.63) is 0 Å². The topological polar surface area (TPSA) is 116 Å². The highest BCUT2D eigenvalue weighted by molar-refractivity contribution is 5.65. The van der Waals surface area contributed by atoms with Gasteiger partial charge in [-0.25, -0.2) is 0 Å². The van der Waals surface area contributed by atoms with Crippen LogP contribution in [0, 0.1) is 0 Å². The van der Waals surface area contributed by atoms with Gasteiger partial charge in [-0.05, 0) is 0 Å². The van der Waals surface area contributed by atoms with Crippen molar-refractivity contribution in [2.75, 3.05) is 6.61 Å². The van der Waals surface area contributed by atoms with Crippen LogP contribution in [0.3, 0.4) is 0 Å². The van der Waals surface area contributed by atoms with Gasteiger partial charge in [0.2, 0.25) is 0 Å². The SMILES string of the molecule is CC(=O)OC[C@@H]1O[C@H](O)[C@@H](O)[C@@H](O)[C@@H]1O. The number of aliphatic hydroxyl groups excluding tert-OH is 4. The second-order valence-corrected chi connectivity index (χ2v) is 3.34. The molecule has 0 aromatic carbocycles. The number of carbonyl (C=O) groups excluding carboxylic acids is 1. The van der Waals surface area contributed by atoms with Gasteiger partial charge in [0.05, 0.1) is 0 Å². The minimum atomic E-state index is -1.61. The second-order valence-electron chi connectivity index (χ2n) is 3.34. The summed E-state index contributed by atoms with van der Waals surface area (Å²) in [5.74, 6) is -0.569. The number of rotatable bonds is 2. The maximum absolute atomic E-state index is 10.5. The van der Waals surface area contributed by atoms with Crippen LogP contribution in [0.4, 0.5) is 0 Å². The minimum Gasteiger partial charge on any atom is -0.463 e. The maximum atomic E-state index is 10.5. The van der Waals surface area contributed by atoms with Gasteiger partial charge in [-0.3, -0.25) is 4.79 Å². The molecule has 1 heterocycles. The molecule has 0 amide bonds. The lowest BCUT2D eigenvalue weighted by molar-refractivity contribution is -0.287. The van der Waals surface area contributed by atoms with Crippen molar-refractivity contribution in [3.63, 3.8) is 0 Å². The summed E-state index contributed by atoms with van der Waals surface area (Å²) in [5, 5.41) is 36.9. The largest absolute Gasteiger partial charge is 0.463 e. The zero-order valence-electron chi connectivity index (χ0n) is 8.11. The first-order valence-corrected chi connectivity index (χ1v) is 4.44. The molecule has 0 aromatic rings. The van der Waals surface area contributed by atoms with Crippen LogP contribution in [-0.2, 0) is 14.3 Å². The fourth-order valence-electron chi connectivity index (χ4n) is 1.27. The fourth-order valence-corrected chi connectivity index (χ4v) is 1.27. The highest BCUT2D eigenvalue weighted by atomic mass is 16.6. The third kappa shape index (κ3) is 2.86. The Hall–Kier alpha value is -0.730. The molecule has 1 aliphatic heterocycles. The van der Waals surface area contributed by atoms with Gasteiger partial charge in [-0.15, -0.1) is 0 Å². The van der Waals surface area contributed by atoms with Crippen LogP contribution >= 0.6 is 0 Å². The average molecular weight is 222 g/mol. The Morgan fingerprint density at radius 3 is 2.33 bits per heavy atom. The van der Waals surface area contributed by atoms with Gasteiger partial charge in [-0.1, -0.05) is 0 Å². The average Bonchev–Trinajstić information content (AvgIpc) is 2.18. The molecule has 0 spiro atoms. The summed E-state index contributed by atoms with van der Waals surface area (Å²) in [6.45, 7) is 0.883. The summed E-state index contributed by atoms with van der Waals surface area (Å²) in [5.41, 5.74) is 0. The second kappa shape index (κ2) is 4.86. The number of hydrogen-bond acceptors (Lipinski definition) is 7. The van der Waals surface area contributed by atoms with E-state index in [0.29, 0.717) is 0 Å². The van der Waals surface area contributed by atoms with Crippen LogP contribution in [0.2, 0.25) is 0 Å². The molecule has 1 rings (SSSR count). The monoisotopic (exact) mass is 222 g/mol. The molecule has 0 saturated carbocycles. The third-order valence-corrected chi connectivity index (χ3v) is 2.14. The fraction of sp³-hybridized carbons (Fsp3) is 0.875. The van der Waals surface area contributed by atoms with Crippen molar-refractivity contribution in [2.24, 2.45) is 0 Å². The van der Waals surface area contributed by atoms with Crippen molar-refractivity contribution >= 4 is 5.97 Å². The van der Waals surface area contributed by atoms with Gasteiger partial charge >= 0.3 is 5.97 Å². The lowest BCUT2D eigenvalue weighted by atomic mass is 9.99. The van der Waals surface area contributed by atoms with Gasteiger partial charge in [0.25, 0.3) is 0 Å². The Bertz CT molecular complexity index is 231. The predicted octanol–water partition coefficient (Wildman–Crippen LogP) is -2.65. The summed E-state index contributed by atoms with van der Waals surface area (Å²) in [4.78, 5) is 10.5. The van der Waals surface area contributed by atoms with Crippen LogP contribution in [0.5, 0.6) is 0 Å². The van der Waals surface area contributed by atoms with Crippen molar-refractivity contribution in [1.82, 2.24) is 0 Å². The van der Waals surface area contributed by atoms with Gasteiger partial charge < -0.3 is 29.9 Å². The summed E-state index contributed by atoms with van der Waals surface area (Å²) in [6.07, 6.45) is -7.18. The van der Waals surface area contributed by atoms with Crippen molar-refractivity contribution < 1.29 is 34.7 Å². The normalized spacial score (nSPS) is 41.3. The van der Waals surface area contributed by atoms with E-state index in [-0.39, 0.29) is 6.61 Å². The molecule has 1 aliphatic rings. The number of esters is 1. The van der Waals surface area contributed by atoms with E-state index in [1.807, 2.05) is 0 Å². The molecular weight excluding hydrogens is 208 g/mol. The van der Waals surface area contributed by atoms with E-state index in [0.717, 1.165) is 0 Å². The molecule has 88 valence electrons. The van der Waals surface area contributed by atoms with Crippen LogP contribution < -0.4 is 0 Å². The lowest BCUT2D eigenvalue weighted by Gasteiger charge is -2.37. The smallest absolute Gasteiger partial charge is 0.302 e. The standard InChI is InChI=1S/C8H14O7/c1-3(9)14-2-4-5(10)6(11)7(12)8(13)15-4/h4-8,10-13H,2H2,1H3/t4-,5+,6-,7-,8-/m0/s1. The molecule has 0 radical (unpaired) electrons. The third-order valence-electron chi connectivity index (χ3n) is 2.14. The summed E-state index contributed by atoms with van der Waals surface area (Å²) < 4.78 is 9.31. The zero-order valence-corrected chi connectivity index (χ0v) is 8.11.